The van der Waals surface area contributed by atoms with Gasteiger partial charge in [-0.1, -0.05) is 17.2 Å². The van der Waals surface area contributed by atoms with Gasteiger partial charge in [0.15, 0.2) is 0 Å². The Labute approximate surface area is 156 Å². The number of methoxy groups -OCH3 is 2. The molecule has 0 N–H and O–H groups in total. The summed E-state index contributed by atoms with van der Waals surface area (Å²) in [5.74, 6) is -0.942. The summed E-state index contributed by atoms with van der Waals surface area (Å²) in [6.45, 7) is 7.72. The number of alkyl halides is 1. The summed E-state index contributed by atoms with van der Waals surface area (Å²) in [6, 6.07) is 0. The third-order valence-corrected chi connectivity index (χ3v) is 4.30. The van der Waals surface area contributed by atoms with E-state index in [1.807, 2.05) is 27.7 Å². The normalized spacial score (nSPS) is 14.2. The first-order chi connectivity index (χ1) is 11.7. The monoisotopic (exact) mass is 374 g/mol. The van der Waals surface area contributed by atoms with Crippen LogP contribution >= 0.6 is 11.6 Å². The zero-order valence-electron chi connectivity index (χ0n) is 16.2. The highest BCUT2D eigenvalue weighted by molar-refractivity contribution is 6.26. The summed E-state index contributed by atoms with van der Waals surface area (Å²) >= 11 is 5.53. The minimum Gasteiger partial charge on any atom is -0.466 e. The molecule has 0 heterocycles. The van der Waals surface area contributed by atoms with E-state index >= 15 is 0 Å². The van der Waals surface area contributed by atoms with Crippen LogP contribution in [0, 0.1) is 0 Å². The molecule has 0 saturated heterocycles. The molecule has 0 aromatic rings. The molecule has 0 saturated carbocycles. The van der Waals surface area contributed by atoms with Crippen LogP contribution in [0.5, 0.6) is 0 Å². The molecular weight excluding hydrogens is 344 g/mol. The molecule has 0 amide bonds. The molecule has 0 aromatic carbocycles. The second-order valence-electron chi connectivity index (χ2n) is 6.56. The molecule has 5 nitrogen and oxygen atoms in total. The van der Waals surface area contributed by atoms with Gasteiger partial charge in [0.05, 0.1) is 12.7 Å². The van der Waals surface area contributed by atoms with Gasteiger partial charge in [-0.2, -0.15) is 0 Å². The number of hydrogen-bond donors (Lipinski definition) is 0. The average molecular weight is 375 g/mol. The van der Waals surface area contributed by atoms with Crippen molar-refractivity contribution in [1.29, 1.82) is 0 Å². The zero-order valence-corrected chi connectivity index (χ0v) is 16.9. The van der Waals surface area contributed by atoms with Gasteiger partial charge in [-0.05, 0) is 53.4 Å². The predicted molar refractivity (Wildman–Crippen MR) is 99.7 cm³/mol. The second-order valence-corrected chi connectivity index (χ2v) is 6.83. The number of carbonyl (C=O) groups excluding carboxylic acids is 2. The molecule has 0 fully saturated rings. The van der Waals surface area contributed by atoms with Crippen LogP contribution in [0.3, 0.4) is 0 Å². The zero-order chi connectivity index (χ0) is 19.5. The number of hydrogen-bond acceptors (Lipinski definition) is 5. The largest absolute Gasteiger partial charge is 0.466 e. The van der Waals surface area contributed by atoms with Gasteiger partial charge in [-0.15, -0.1) is 11.6 Å². The average Bonchev–Trinajstić information content (AvgIpc) is 2.57. The Morgan fingerprint density at radius 1 is 1.12 bits per heavy atom. The maximum atomic E-state index is 11.5. The van der Waals surface area contributed by atoms with Gasteiger partial charge in [0.2, 0.25) is 0 Å². The molecule has 25 heavy (non-hydrogen) atoms. The van der Waals surface area contributed by atoms with Gasteiger partial charge < -0.3 is 14.2 Å². The minimum atomic E-state index is -0.582. The van der Waals surface area contributed by atoms with E-state index in [0.29, 0.717) is 6.42 Å². The Balaban J connectivity index is 4.59. The van der Waals surface area contributed by atoms with Crippen LogP contribution in [0.1, 0.15) is 53.4 Å². The van der Waals surface area contributed by atoms with E-state index in [0.717, 1.165) is 24.8 Å². The standard InChI is InChI=1S/C19H31ClO5/c1-14(8-7-9-15(2)12-17(21)23-5)10-11-16(19(3,4)24-6)25-18(22)13-20/h8,12,16H,7,9-11,13H2,1-6H3/b14-8+,15-12+. The van der Waals surface area contributed by atoms with Crippen LogP contribution in [0.25, 0.3) is 0 Å². The van der Waals surface area contributed by atoms with Gasteiger partial charge in [0, 0.05) is 13.2 Å². The summed E-state index contributed by atoms with van der Waals surface area (Å²) in [6.07, 6.45) is 6.34. The van der Waals surface area contributed by atoms with Crippen LogP contribution < -0.4 is 0 Å². The first-order valence-electron chi connectivity index (χ1n) is 8.37. The number of halogens is 1. The van der Waals surface area contributed by atoms with Crippen molar-refractivity contribution in [1.82, 2.24) is 0 Å². The van der Waals surface area contributed by atoms with E-state index in [1.54, 1.807) is 7.11 Å². The van der Waals surface area contributed by atoms with Crippen LogP contribution in [-0.4, -0.2) is 43.7 Å². The van der Waals surface area contributed by atoms with Crippen molar-refractivity contribution < 1.29 is 23.8 Å². The molecule has 0 bridgehead atoms. The Morgan fingerprint density at radius 2 is 1.76 bits per heavy atom. The molecule has 6 heteroatoms. The first-order valence-corrected chi connectivity index (χ1v) is 8.91. The molecular formula is C19H31ClO5. The predicted octanol–water partition coefficient (Wildman–Crippen LogP) is 4.19. The fraction of sp³-hybridized carbons (Fsp3) is 0.684. The van der Waals surface area contributed by atoms with Gasteiger partial charge in [-0.3, -0.25) is 4.79 Å². The molecule has 0 aliphatic carbocycles. The number of esters is 2. The number of allylic oxidation sites excluding steroid dienone is 3. The van der Waals surface area contributed by atoms with Gasteiger partial charge in [0.1, 0.15) is 12.0 Å². The summed E-state index contributed by atoms with van der Waals surface area (Å²) in [7, 11) is 2.96. The van der Waals surface area contributed by atoms with Crippen LogP contribution in [0.4, 0.5) is 0 Å². The molecule has 0 spiro atoms. The maximum absolute atomic E-state index is 11.5. The summed E-state index contributed by atoms with van der Waals surface area (Å²) in [5, 5.41) is 0. The third kappa shape index (κ3) is 10.3. The lowest BCUT2D eigenvalue weighted by atomic mass is 9.94. The topological polar surface area (TPSA) is 61.8 Å². The van der Waals surface area contributed by atoms with Crippen molar-refractivity contribution in [2.75, 3.05) is 20.1 Å². The van der Waals surface area contributed by atoms with E-state index < -0.39 is 11.6 Å². The van der Waals surface area contributed by atoms with Gasteiger partial charge in [0.25, 0.3) is 0 Å². The van der Waals surface area contributed by atoms with Gasteiger partial charge >= 0.3 is 11.9 Å². The van der Waals surface area contributed by atoms with E-state index in [2.05, 4.69) is 10.8 Å². The van der Waals surface area contributed by atoms with Crippen molar-refractivity contribution in [3.8, 4) is 0 Å². The van der Waals surface area contributed by atoms with Crippen molar-refractivity contribution in [2.24, 2.45) is 0 Å². The minimum absolute atomic E-state index is 0.170. The van der Waals surface area contributed by atoms with Crippen molar-refractivity contribution in [3.05, 3.63) is 23.3 Å². The maximum Gasteiger partial charge on any atom is 0.330 e. The molecule has 0 aliphatic heterocycles. The van der Waals surface area contributed by atoms with Crippen molar-refractivity contribution in [2.45, 2.75) is 65.1 Å². The van der Waals surface area contributed by atoms with Crippen molar-refractivity contribution in [3.63, 3.8) is 0 Å². The molecule has 1 atom stereocenters. The Bertz CT molecular complexity index is 494. The van der Waals surface area contributed by atoms with Crippen molar-refractivity contribution >= 4 is 23.5 Å². The van der Waals surface area contributed by atoms with Gasteiger partial charge in [-0.25, -0.2) is 4.79 Å². The van der Waals surface area contributed by atoms with E-state index in [1.165, 1.54) is 18.8 Å². The van der Waals surface area contributed by atoms with E-state index in [-0.39, 0.29) is 18.0 Å². The lowest BCUT2D eigenvalue weighted by Crippen LogP contribution is -2.41. The number of rotatable bonds is 11. The fourth-order valence-corrected chi connectivity index (χ4v) is 2.27. The highest BCUT2D eigenvalue weighted by atomic mass is 35.5. The lowest BCUT2D eigenvalue weighted by Gasteiger charge is -2.32. The van der Waals surface area contributed by atoms with E-state index in [9.17, 15) is 9.59 Å². The summed E-state index contributed by atoms with van der Waals surface area (Å²) < 4.78 is 15.5. The number of ether oxygens (including phenoxy) is 3. The Morgan fingerprint density at radius 3 is 2.28 bits per heavy atom. The number of carbonyl (C=O) groups is 2. The molecule has 0 aliphatic rings. The highest BCUT2D eigenvalue weighted by Gasteiger charge is 2.32. The van der Waals surface area contributed by atoms with E-state index in [4.69, 9.17) is 21.1 Å². The SMILES string of the molecule is COC(=O)/C=C(\C)CC/C=C(\C)CCC(OC(=O)CCl)C(C)(C)OC. The molecule has 0 aromatic heterocycles. The smallest absolute Gasteiger partial charge is 0.330 e. The molecule has 0 radical (unpaired) electrons. The molecule has 0 rings (SSSR count). The Kier molecular flexibility index (Phi) is 11.4. The summed E-state index contributed by atoms with van der Waals surface area (Å²) in [4.78, 5) is 22.7. The summed E-state index contributed by atoms with van der Waals surface area (Å²) in [5.41, 5.74) is 1.59. The third-order valence-electron chi connectivity index (χ3n) is 4.08. The second kappa shape index (κ2) is 12.1. The molecule has 144 valence electrons. The first kappa shape index (κ1) is 23.7. The Hall–Kier alpha value is -1.33. The van der Waals surface area contributed by atoms with Crippen LogP contribution in [-0.2, 0) is 23.8 Å². The van der Waals surface area contributed by atoms with Crippen LogP contribution in [0.15, 0.2) is 23.3 Å². The fourth-order valence-electron chi connectivity index (χ4n) is 2.21. The highest BCUT2D eigenvalue weighted by Crippen LogP contribution is 2.24. The lowest BCUT2D eigenvalue weighted by molar-refractivity contribution is -0.163. The van der Waals surface area contributed by atoms with Crippen LogP contribution in [0.2, 0.25) is 0 Å². The molecule has 1 unspecified atom stereocenters. The quantitative estimate of drug-likeness (QED) is 0.235.